The number of hydrogen-bond acceptors (Lipinski definition) is 5. The third-order valence-electron chi connectivity index (χ3n) is 3.61. The van der Waals surface area contributed by atoms with Gasteiger partial charge >= 0.3 is 0 Å². The van der Waals surface area contributed by atoms with Crippen LogP contribution < -0.4 is 0 Å². The van der Waals surface area contributed by atoms with Gasteiger partial charge in [0, 0.05) is 31.7 Å². The second kappa shape index (κ2) is 5.91. The molecule has 0 aliphatic carbocycles. The number of para-hydroxylation sites is 1. The summed E-state index contributed by atoms with van der Waals surface area (Å²) in [6.45, 7) is 3.73. The smallest absolute Gasteiger partial charge is 0.286 e. The van der Waals surface area contributed by atoms with Gasteiger partial charge in [0.25, 0.3) is 5.91 Å². The Bertz CT molecular complexity index is 619. The monoisotopic (exact) mass is 303 g/mol. The summed E-state index contributed by atoms with van der Waals surface area (Å²) in [6.07, 6.45) is 1.70. The fraction of sp³-hybridized carbons (Fsp3) is 0.333. The first-order valence-electron chi connectivity index (χ1n) is 6.87. The predicted octanol–water partition coefficient (Wildman–Crippen LogP) is 1.61. The summed E-state index contributed by atoms with van der Waals surface area (Å²) in [5, 5.41) is 10.6. The van der Waals surface area contributed by atoms with E-state index < -0.39 is 0 Å². The van der Waals surface area contributed by atoms with Crippen LogP contribution in [0.2, 0.25) is 0 Å². The summed E-state index contributed by atoms with van der Waals surface area (Å²) in [6, 6.07) is 6.98. The van der Waals surface area contributed by atoms with E-state index in [1.165, 1.54) is 11.8 Å². The minimum atomic E-state index is -0.225. The highest BCUT2D eigenvalue weighted by Crippen LogP contribution is 2.32. The molecule has 2 aliphatic rings. The molecular weight excluding hydrogens is 286 g/mol. The topological polar surface area (TPSA) is 56.1 Å². The van der Waals surface area contributed by atoms with Crippen LogP contribution >= 0.6 is 11.8 Å². The number of phenolic OH excluding ortho intramolecular Hbond substituents is 1. The third kappa shape index (κ3) is 3.11. The number of piperazine rings is 1. The van der Waals surface area contributed by atoms with Crippen molar-refractivity contribution < 1.29 is 9.90 Å². The average Bonchev–Trinajstić information content (AvgIpc) is 2.83. The number of aromatic hydroxyl groups is 1. The molecule has 0 bridgehead atoms. The van der Waals surface area contributed by atoms with Crippen molar-refractivity contribution in [3.8, 4) is 5.75 Å². The lowest BCUT2D eigenvalue weighted by Crippen LogP contribution is -2.46. The molecule has 1 aromatic rings. The predicted molar refractivity (Wildman–Crippen MR) is 85.2 cm³/mol. The molecule has 1 saturated heterocycles. The second-order valence-corrected chi connectivity index (χ2v) is 6.17. The number of likely N-dealkylation sites (N-methyl/N-ethyl adjacent to an activating group) is 1. The molecule has 6 heteroatoms. The normalized spacial score (nSPS) is 22.0. The molecule has 0 aromatic heterocycles. The minimum absolute atomic E-state index is 0.173. The number of rotatable bonds is 1. The van der Waals surface area contributed by atoms with Crippen molar-refractivity contribution >= 4 is 28.9 Å². The largest absolute Gasteiger partial charge is 0.507 e. The van der Waals surface area contributed by atoms with E-state index in [4.69, 9.17) is 0 Å². The average molecular weight is 303 g/mol. The summed E-state index contributed by atoms with van der Waals surface area (Å²) in [7, 11) is 2.09. The van der Waals surface area contributed by atoms with Gasteiger partial charge in [0.1, 0.15) is 5.75 Å². The molecule has 5 nitrogen and oxygen atoms in total. The highest BCUT2D eigenvalue weighted by molar-refractivity contribution is 8.18. The number of amides is 1. The third-order valence-corrected chi connectivity index (χ3v) is 4.65. The highest BCUT2D eigenvalue weighted by atomic mass is 32.2. The number of carbonyl (C=O) groups excluding carboxylic acids is 1. The molecule has 0 unspecified atom stereocenters. The zero-order valence-corrected chi connectivity index (χ0v) is 12.6. The zero-order chi connectivity index (χ0) is 14.8. The molecule has 2 aliphatic heterocycles. The van der Waals surface area contributed by atoms with Crippen molar-refractivity contribution in [3.05, 3.63) is 34.7 Å². The number of carbonyl (C=O) groups is 1. The summed E-state index contributed by atoms with van der Waals surface area (Å²) < 4.78 is 0. The molecule has 0 saturated carbocycles. The molecule has 0 spiro atoms. The Morgan fingerprint density at radius 2 is 1.95 bits per heavy atom. The zero-order valence-electron chi connectivity index (χ0n) is 11.8. The van der Waals surface area contributed by atoms with Crippen LogP contribution in [0.1, 0.15) is 5.56 Å². The van der Waals surface area contributed by atoms with E-state index in [9.17, 15) is 9.90 Å². The number of phenols is 1. The molecule has 1 aromatic carbocycles. The van der Waals surface area contributed by atoms with Crippen molar-refractivity contribution in [1.29, 1.82) is 0 Å². The fourth-order valence-electron chi connectivity index (χ4n) is 2.28. The van der Waals surface area contributed by atoms with Gasteiger partial charge in [-0.1, -0.05) is 18.2 Å². The maximum Gasteiger partial charge on any atom is 0.286 e. The van der Waals surface area contributed by atoms with Crippen molar-refractivity contribution in [2.75, 3.05) is 33.2 Å². The van der Waals surface area contributed by atoms with Crippen LogP contribution in [-0.2, 0) is 4.79 Å². The van der Waals surface area contributed by atoms with E-state index in [1.807, 2.05) is 6.07 Å². The summed E-state index contributed by atoms with van der Waals surface area (Å²) in [4.78, 5) is 21.1. The number of hydrogen-bond donors (Lipinski definition) is 1. The van der Waals surface area contributed by atoms with Crippen molar-refractivity contribution in [3.63, 3.8) is 0 Å². The number of aliphatic imine (C=N–C) groups is 1. The van der Waals surface area contributed by atoms with Crippen LogP contribution in [0.25, 0.3) is 6.08 Å². The lowest BCUT2D eigenvalue weighted by molar-refractivity contribution is -0.113. The van der Waals surface area contributed by atoms with Gasteiger partial charge in [-0.3, -0.25) is 4.79 Å². The first-order valence-corrected chi connectivity index (χ1v) is 7.69. The molecule has 1 N–H and O–H groups in total. The highest BCUT2D eigenvalue weighted by Gasteiger charge is 2.27. The standard InChI is InChI=1S/C15H17N3O2S/c1-17-6-8-18(9-7-17)15-16-14(20)13(21-15)10-11-4-2-3-5-12(11)19/h2-5,10,19H,6-9H2,1H3/b13-10-. The van der Waals surface area contributed by atoms with Crippen LogP contribution in [-0.4, -0.2) is 59.2 Å². The Balaban J connectivity index is 1.74. The second-order valence-electron chi connectivity index (χ2n) is 5.16. The van der Waals surface area contributed by atoms with Crippen LogP contribution in [0.15, 0.2) is 34.2 Å². The molecular formula is C15H17N3O2S. The van der Waals surface area contributed by atoms with Gasteiger partial charge in [-0.05, 0) is 31.0 Å². The van der Waals surface area contributed by atoms with Crippen molar-refractivity contribution in [1.82, 2.24) is 9.80 Å². The number of benzene rings is 1. The molecule has 2 heterocycles. The number of amidine groups is 1. The maximum absolute atomic E-state index is 12.0. The van der Waals surface area contributed by atoms with E-state index in [0.717, 1.165) is 31.3 Å². The van der Waals surface area contributed by atoms with E-state index in [-0.39, 0.29) is 11.7 Å². The van der Waals surface area contributed by atoms with Gasteiger partial charge in [0.2, 0.25) is 0 Å². The first-order chi connectivity index (χ1) is 10.1. The van der Waals surface area contributed by atoms with Gasteiger partial charge < -0.3 is 14.9 Å². The molecule has 0 radical (unpaired) electrons. The Labute approximate surface area is 128 Å². The van der Waals surface area contributed by atoms with E-state index in [2.05, 4.69) is 21.8 Å². The summed E-state index contributed by atoms with van der Waals surface area (Å²) >= 11 is 1.39. The van der Waals surface area contributed by atoms with Gasteiger partial charge in [0.05, 0.1) is 4.91 Å². The van der Waals surface area contributed by atoms with Crippen molar-refractivity contribution in [2.24, 2.45) is 4.99 Å². The fourth-order valence-corrected chi connectivity index (χ4v) is 3.24. The Morgan fingerprint density at radius 3 is 2.67 bits per heavy atom. The van der Waals surface area contributed by atoms with Gasteiger partial charge in [-0.25, -0.2) is 0 Å². The molecule has 0 atom stereocenters. The van der Waals surface area contributed by atoms with Crippen LogP contribution in [0.5, 0.6) is 5.75 Å². The van der Waals surface area contributed by atoms with Crippen LogP contribution in [0.4, 0.5) is 0 Å². The van der Waals surface area contributed by atoms with Gasteiger partial charge in [0.15, 0.2) is 5.17 Å². The Morgan fingerprint density at radius 1 is 1.24 bits per heavy atom. The molecule has 21 heavy (non-hydrogen) atoms. The summed E-state index contributed by atoms with van der Waals surface area (Å²) in [5.41, 5.74) is 0.642. The maximum atomic E-state index is 12.0. The number of thioether (sulfide) groups is 1. The first kappa shape index (κ1) is 14.2. The Hall–Kier alpha value is -1.79. The quantitative estimate of drug-likeness (QED) is 0.799. The van der Waals surface area contributed by atoms with Gasteiger partial charge in [-0.15, -0.1) is 0 Å². The molecule has 1 amide bonds. The molecule has 1 fully saturated rings. The van der Waals surface area contributed by atoms with Crippen molar-refractivity contribution in [2.45, 2.75) is 0 Å². The molecule has 110 valence electrons. The SMILES string of the molecule is CN1CCN(C2=NC(=O)/C(=C/c3ccccc3O)S2)CC1. The lowest BCUT2D eigenvalue weighted by atomic mass is 10.2. The molecule has 3 rings (SSSR count). The summed E-state index contributed by atoms with van der Waals surface area (Å²) in [5.74, 6) is -0.0522. The lowest BCUT2D eigenvalue weighted by Gasteiger charge is -2.32. The van der Waals surface area contributed by atoms with Gasteiger partial charge in [-0.2, -0.15) is 4.99 Å². The Kier molecular flexibility index (Phi) is 3.98. The van der Waals surface area contributed by atoms with E-state index in [0.29, 0.717) is 10.5 Å². The van der Waals surface area contributed by atoms with E-state index in [1.54, 1.807) is 24.3 Å². The van der Waals surface area contributed by atoms with Crippen LogP contribution in [0, 0.1) is 0 Å². The van der Waals surface area contributed by atoms with Crippen LogP contribution in [0.3, 0.4) is 0 Å². The number of nitrogens with zero attached hydrogens (tertiary/aromatic N) is 3. The van der Waals surface area contributed by atoms with E-state index >= 15 is 0 Å². The minimum Gasteiger partial charge on any atom is -0.507 e.